The summed E-state index contributed by atoms with van der Waals surface area (Å²) >= 11 is 0. The predicted molar refractivity (Wildman–Crippen MR) is 103 cm³/mol. The third-order valence-electron chi connectivity index (χ3n) is 4.65. The van der Waals surface area contributed by atoms with E-state index in [1.165, 1.54) is 24.3 Å². The van der Waals surface area contributed by atoms with Crippen LogP contribution in [0, 0.1) is 0 Å². The Morgan fingerprint density at radius 1 is 0.643 bits per heavy atom. The highest BCUT2D eigenvalue weighted by molar-refractivity contribution is 6.28. The molecule has 0 spiro atoms. The Bertz CT molecular complexity index is 1000. The minimum absolute atomic E-state index is 0.333. The molecule has 0 radical (unpaired) electrons. The first-order chi connectivity index (χ1) is 13.5. The number of allylic oxidation sites excluding steroid dienone is 5. The molecule has 138 valence electrons. The van der Waals surface area contributed by atoms with E-state index < -0.39 is 0 Å². The fraction of sp³-hybridized carbons (Fsp3) is 0.0909. The molecule has 0 aromatic heterocycles. The van der Waals surface area contributed by atoms with E-state index >= 15 is 0 Å². The molecule has 0 saturated heterocycles. The minimum atomic E-state index is -0.341. The molecule has 3 aliphatic rings. The number of hydrogen-bond acceptors (Lipinski definition) is 4. The van der Waals surface area contributed by atoms with Gasteiger partial charge in [0.15, 0.2) is 0 Å². The topological polar surface area (TPSA) is 74.8 Å². The fourth-order valence-corrected chi connectivity index (χ4v) is 3.26. The predicted octanol–water partition coefficient (Wildman–Crippen LogP) is 2.35. The number of anilines is 1. The number of carbonyl (C=O) groups is 4. The number of imide groups is 2. The Balaban J connectivity index is 1.44. The summed E-state index contributed by atoms with van der Waals surface area (Å²) in [7, 11) is 0. The van der Waals surface area contributed by atoms with Crippen LogP contribution in [0.4, 0.5) is 5.69 Å². The number of benzene rings is 1. The zero-order chi connectivity index (χ0) is 19.7. The summed E-state index contributed by atoms with van der Waals surface area (Å²) < 4.78 is 0. The SMILES string of the molecule is O=C1C=CC(=O)N1C1=CCC=C(Cc2ccc(N3C(=O)C=CC3=O)cc2)C=C1. The average molecular weight is 372 g/mol. The molecule has 4 amide bonds. The van der Waals surface area contributed by atoms with E-state index in [1.54, 1.807) is 18.2 Å². The van der Waals surface area contributed by atoms with Crippen molar-refractivity contribution in [3.05, 3.63) is 89.7 Å². The number of amides is 4. The highest BCUT2D eigenvalue weighted by Gasteiger charge is 2.26. The van der Waals surface area contributed by atoms with Crippen LogP contribution >= 0.6 is 0 Å². The Morgan fingerprint density at radius 2 is 1.21 bits per heavy atom. The number of nitrogens with zero attached hydrogens (tertiary/aromatic N) is 2. The van der Waals surface area contributed by atoms with Crippen LogP contribution < -0.4 is 4.90 Å². The standard InChI is InChI=1S/C22H16N2O4/c25-19-10-11-20(26)23(19)17-3-1-2-15(4-7-17)14-16-5-8-18(9-6-16)24-21(27)12-13-22(24)28/h2-13H,1,14H2. The normalized spacial score (nSPS) is 18.9. The molecule has 1 aliphatic carbocycles. The van der Waals surface area contributed by atoms with E-state index in [4.69, 9.17) is 0 Å². The van der Waals surface area contributed by atoms with E-state index in [9.17, 15) is 19.2 Å². The molecule has 1 aromatic carbocycles. The van der Waals surface area contributed by atoms with Gasteiger partial charge in [-0.1, -0.05) is 30.4 Å². The first-order valence-electron chi connectivity index (χ1n) is 8.81. The van der Waals surface area contributed by atoms with Crippen molar-refractivity contribution in [3.8, 4) is 0 Å². The molecule has 6 nitrogen and oxygen atoms in total. The van der Waals surface area contributed by atoms with E-state index in [-0.39, 0.29) is 23.6 Å². The quantitative estimate of drug-likeness (QED) is 0.761. The van der Waals surface area contributed by atoms with Crippen LogP contribution in [-0.4, -0.2) is 28.5 Å². The molecule has 4 rings (SSSR count). The van der Waals surface area contributed by atoms with Gasteiger partial charge in [-0.3, -0.25) is 19.2 Å². The van der Waals surface area contributed by atoms with Crippen LogP contribution in [0.15, 0.2) is 84.1 Å². The van der Waals surface area contributed by atoms with Crippen molar-refractivity contribution in [2.75, 3.05) is 4.90 Å². The Morgan fingerprint density at radius 3 is 1.82 bits per heavy atom. The van der Waals surface area contributed by atoms with Crippen molar-refractivity contribution in [1.82, 2.24) is 4.90 Å². The number of hydrogen-bond donors (Lipinski definition) is 0. The average Bonchev–Trinajstić information content (AvgIpc) is 3.09. The maximum Gasteiger partial charge on any atom is 0.258 e. The molecule has 1 aromatic rings. The smallest absolute Gasteiger partial charge is 0.258 e. The maximum atomic E-state index is 11.8. The molecule has 0 N–H and O–H groups in total. The monoisotopic (exact) mass is 372 g/mol. The molecule has 2 heterocycles. The summed E-state index contributed by atoms with van der Waals surface area (Å²) in [5.41, 5.74) is 3.17. The van der Waals surface area contributed by atoms with E-state index in [0.717, 1.165) is 20.9 Å². The molecule has 0 unspecified atom stereocenters. The summed E-state index contributed by atoms with van der Waals surface area (Å²) in [6.07, 6.45) is 13.8. The minimum Gasteiger partial charge on any atom is -0.269 e. The Kier molecular flexibility index (Phi) is 4.45. The van der Waals surface area contributed by atoms with Gasteiger partial charge in [0.2, 0.25) is 0 Å². The molecule has 0 bridgehead atoms. The van der Waals surface area contributed by atoms with Crippen LogP contribution in [0.3, 0.4) is 0 Å². The third-order valence-corrected chi connectivity index (χ3v) is 4.65. The van der Waals surface area contributed by atoms with Gasteiger partial charge in [-0.25, -0.2) is 9.80 Å². The zero-order valence-electron chi connectivity index (χ0n) is 14.9. The van der Waals surface area contributed by atoms with Gasteiger partial charge in [0, 0.05) is 30.0 Å². The lowest BCUT2D eigenvalue weighted by Gasteiger charge is -2.14. The Labute approximate surface area is 161 Å². The van der Waals surface area contributed by atoms with Crippen LogP contribution in [0.5, 0.6) is 0 Å². The molecule has 28 heavy (non-hydrogen) atoms. The van der Waals surface area contributed by atoms with Crippen molar-refractivity contribution in [1.29, 1.82) is 0 Å². The second-order valence-corrected chi connectivity index (χ2v) is 6.51. The zero-order valence-corrected chi connectivity index (χ0v) is 14.9. The summed E-state index contributed by atoms with van der Waals surface area (Å²) in [4.78, 5) is 49.4. The van der Waals surface area contributed by atoms with Crippen LogP contribution in [0.25, 0.3) is 0 Å². The lowest BCUT2D eigenvalue weighted by Crippen LogP contribution is -2.29. The maximum absolute atomic E-state index is 11.8. The van der Waals surface area contributed by atoms with Crippen LogP contribution in [0.1, 0.15) is 12.0 Å². The van der Waals surface area contributed by atoms with Crippen LogP contribution in [0.2, 0.25) is 0 Å². The van der Waals surface area contributed by atoms with Gasteiger partial charge in [0.05, 0.1) is 5.69 Å². The van der Waals surface area contributed by atoms with Crippen molar-refractivity contribution in [2.45, 2.75) is 12.8 Å². The molecule has 0 atom stereocenters. The lowest BCUT2D eigenvalue weighted by atomic mass is 10.0. The van der Waals surface area contributed by atoms with Gasteiger partial charge in [0.25, 0.3) is 23.6 Å². The van der Waals surface area contributed by atoms with E-state index in [1.807, 2.05) is 30.4 Å². The summed E-state index contributed by atoms with van der Waals surface area (Å²) in [5, 5.41) is 0. The van der Waals surface area contributed by atoms with E-state index in [2.05, 4.69) is 0 Å². The van der Waals surface area contributed by atoms with Crippen molar-refractivity contribution in [2.24, 2.45) is 0 Å². The van der Waals surface area contributed by atoms with Gasteiger partial charge in [-0.2, -0.15) is 0 Å². The largest absolute Gasteiger partial charge is 0.269 e. The van der Waals surface area contributed by atoms with Crippen molar-refractivity contribution in [3.63, 3.8) is 0 Å². The summed E-state index contributed by atoms with van der Waals surface area (Å²) in [6.45, 7) is 0. The highest BCUT2D eigenvalue weighted by Crippen LogP contribution is 2.23. The van der Waals surface area contributed by atoms with Crippen molar-refractivity contribution >= 4 is 29.3 Å². The molecular formula is C22H16N2O4. The highest BCUT2D eigenvalue weighted by atomic mass is 16.2. The second kappa shape index (κ2) is 7.08. The molecule has 0 fully saturated rings. The summed E-state index contributed by atoms with van der Waals surface area (Å²) in [5.74, 6) is -1.35. The van der Waals surface area contributed by atoms with Gasteiger partial charge in [0.1, 0.15) is 0 Å². The summed E-state index contributed by atoms with van der Waals surface area (Å²) in [6, 6.07) is 7.24. The van der Waals surface area contributed by atoms with Gasteiger partial charge in [-0.05, 0) is 42.2 Å². The lowest BCUT2D eigenvalue weighted by molar-refractivity contribution is -0.134. The second-order valence-electron chi connectivity index (χ2n) is 6.51. The molecule has 6 heteroatoms. The fourth-order valence-electron chi connectivity index (χ4n) is 3.26. The molecular weight excluding hydrogens is 356 g/mol. The van der Waals surface area contributed by atoms with Crippen LogP contribution in [-0.2, 0) is 25.6 Å². The first kappa shape index (κ1) is 17.6. The van der Waals surface area contributed by atoms with Crippen molar-refractivity contribution < 1.29 is 19.2 Å². The third kappa shape index (κ3) is 3.27. The molecule has 0 saturated carbocycles. The Hall–Kier alpha value is -3.80. The first-order valence-corrected chi connectivity index (χ1v) is 8.81. The number of rotatable bonds is 4. The molecule has 2 aliphatic heterocycles. The number of carbonyl (C=O) groups excluding carboxylic acids is 4. The van der Waals surface area contributed by atoms with Gasteiger partial charge in [-0.15, -0.1) is 0 Å². The van der Waals surface area contributed by atoms with Gasteiger partial charge < -0.3 is 0 Å². The van der Waals surface area contributed by atoms with Gasteiger partial charge >= 0.3 is 0 Å². The van der Waals surface area contributed by atoms with E-state index in [0.29, 0.717) is 24.2 Å².